The SMILES string of the molecule is CCOC(=O)C(CCCc1ccccc1)CCC(Sc1ccccc1)Sc1ccccc1. The highest BCUT2D eigenvalue weighted by atomic mass is 32.2. The Morgan fingerprint density at radius 2 is 1.28 bits per heavy atom. The van der Waals surface area contributed by atoms with Crippen molar-refractivity contribution in [1.82, 2.24) is 0 Å². The van der Waals surface area contributed by atoms with Gasteiger partial charge in [-0.05, 0) is 68.9 Å². The van der Waals surface area contributed by atoms with Crippen LogP contribution in [0.2, 0.25) is 0 Å². The summed E-state index contributed by atoms with van der Waals surface area (Å²) in [6.45, 7) is 2.33. The Hall–Kier alpha value is -2.17. The van der Waals surface area contributed by atoms with Crippen LogP contribution < -0.4 is 0 Å². The van der Waals surface area contributed by atoms with Gasteiger partial charge in [-0.3, -0.25) is 4.79 Å². The van der Waals surface area contributed by atoms with Crippen molar-refractivity contribution < 1.29 is 9.53 Å². The molecule has 0 aliphatic carbocycles. The van der Waals surface area contributed by atoms with E-state index in [-0.39, 0.29) is 11.9 Å². The minimum Gasteiger partial charge on any atom is -0.466 e. The van der Waals surface area contributed by atoms with Crippen LogP contribution in [0, 0.1) is 5.92 Å². The molecule has 1 unspecified atom stereocenters. The van der Waals surface area contributed by atoms with Gasteiger partial charge in [0.05, 0.1) is 17.1 Å². The standard InChI is InChI=1S/C28H32O2S2/c1-2-30-28(29)24(16-12-15-23-13-6-3-7-14-23)21-22-27(31-25-17-8-4-9-18-25)32-26-19-10-5-11-20-26/h3-11,13-14,17-20,24,27H,2,12,15-16,21-22H2,1H3. The Kier molecular flexibility index (Phi) is 10.8. The molecule has 3 aromatic carbocycles. The van der Waals surface area contributed by atoms with E-state index in [9.17, 15) is 4.79 Å². The van der Waals surface area contributed by atoms with Gasteiger partial charge in [-0.2, -0.15) is 0 Å². The van der Waals surface area contributed by atoms with Crippen LogP contribution in [-0.4, -0.2) is 17.2 Å². The number of rotatable bonds is 13. The van der Waals surface area contributed by atoms with Gasteiger partial charge in [0, 0.05) is 9.79 Å². The topological polar surface area (TPSA) is 26.3 Å². The first-order valence-corrected chi connectivity index (χ1v) is 13.1. The van der Waals surface area contributed by atoms with Crippen LogP contribution in [-0.2, 0) is 16.0 Å². The van der Waals surface area contributed by atoms with Crippen molar-refractivity contribution in [2.45, 2.75) is 53.4 Å². The molecule has 0 saturated heterocycles. The quantitative estimate of drug-likeness (QED) is 0.146. The highest BCUT2D eigenvalue weighted by Crippen LogP contribution is 2.39. The monoisotopic (exact) mass is 464 g/mol. The van der Waals surface area contributed by atoms with Crippen LogP contribution in [0.25, 0.3) is 0 Å². The molecule has 0 heterocycles. The van der Waals surface area contributed by atoms with E-state index in [1.807, 2.05) is 48.6 Å². The molecular formula is C28H32O2S2. The van der Waals surface area contributed by atoms with Gasteiger partial charge in [-0.15, -0.1) is 23.5 Å². The molecule has 0 bridgehead atoms. The summed E-state index contributed by atoms with van der Waals surface area (Å²) in [5, 5.41) is 0. The van der Waals surface area contributed by atoms with E-state index in [0.29, 0.717) is 11.2 Å². The molecule has 0 saturated carbocycles. The zero-order valence-electron chi connectivity index (χ0n) is 18.7. The number of esters is 1. The zero-order chi connectivity index (χ0) is 22.4. The third-order valence-corrected chi connectivity index (χ3v) is 7.92. The van der Waals surface area contributed by atoms with Gasteiger partial charge in [0.2, 0.25) is 0 Å². The average molecular weight is 465 g/mol. The highest BCUT2D eigenvalue weighted by Gasteiger charge is 2.22. The number of thioether (sulfide) groups is 2. The van der Waals surface area contributed by atoms with Crippen LogP contribution in [0.1, 0.15) is 38.2 Å². The average Bonchev–Trinajstić information content (AvgIpc) is 2.83. The Bertz CT molecular complexity index is 859. The van der Waals surface area contributed by atoms with Gasteiger partial charge in [0.1, 0.15) is 0 Å². The molecule has 0 radical (unpaired) electrons. The van der Waals surface area contributed by atoms with E-state index < -0.39 is 0 Å². The van der Waals surface area contributed by atoms with Gasteiger partial charge in [0.15, 0.2) is 0 Å². The molecule has 2 nitrogen and oxygen atoms in total. The minimum absolute atomic E-state index is 0.0473. The second kappa shape index (κ2) is 14.1. The van der Waals surface area contributed by atoms with Crippen LogP contribution in [0.15, 0.2) is 101 Å². The zero-order valence-corrected chi connectivity index (χ0v) is 20.3. The Morgan fingerprint density at radius 1 is 0.750 bits per heavy atom. The number of aryl methyl sites for hydroxylation is 1. The predicted molar refractivity (Wildman–Crippen MR) is 137 cm³/mol. The first-order chi connectivity index (χ1) is 15.7. The number of hydrogen-bond acceptors (Lipinski definition) is 4. The van der Waals surface area contributed by atoms with Crippen molar-refractivity contribution in [3.05, 3.63) is 96.6 Å². The number of ether oxygens (including phenoxy) is 1. The third-order valence-electron chi connectivity index (χ3n) is 5.25. The summed E-state index contributed by atoms with van der Waals surface area (Å²) >= 11 is 3.76. The van der Waals surface area contributed by atoms with Crippen molar-refractivity contribution in [3.8, 4) is 0 Å². The van der Waals surface area contributed by atoms with Gasteiger partial charge in [-0.1, -0.05) is 66.7 Å². The van der Waals surface area contributed by atoms with Crippen LogP contribution in [0.5, 0.6) is 0 Å². The maximum Gasteiger partial charge on any atom is 0.308 e. The second-order valence-electron chi connectivity index (χ2n) is 7.70. The lowest BCUT2D eigenvalue weighted by molar-refractivity contribution is -0.148. The van der Waals surface area contributed by atoms with Crippen molar-refractivity contribution in [2.24, 2.45) is 5.92 Å². The highest BCUT2D eigenvalue weighted by molar-refractivity contribution is 8.17. The largest absolute Gasteiger partial charge is 0.466 e. The summed E-state index contributed by atoms with van der Waals surface area (Å²) in [6.07, 6.45) is 4.66. The predicted octanol–water partition coefficient (Wildman–Crippen LogP) is 7.88. The summed E-state index contributed by atoms with van der Waals surface area (Å²) in [5.74, 6) is -0.0948. The lowest BCUT2D eigenvalue weighted by Crippen LogP contribution is -2.19. The number of benzene rings is 3. The van der Waals surface area contributed by atoms with E-state index in [2.05, 4.69) is 72.8 Å². The van der Waals surface area contributed by atoms with Crippen molar-refractivity contribution >= 4 is 29.5 Å². The summed E-state index contributed by atoms with van der Waals surface area (Å²) in [4.78, 5) is 15.2. The van der Waals surface area contributed by atoms with Crippen molar-refractivity contribution in [2.75, 3.05) is 6.61 Å². The van der Waals surface area contributed by atoms with Gasteiger partial charge < -0.3 is 4.74 Å². The molecule has 0 spiro atoms. The van der Waals surface area contributed by atoms with Crippen molar-refractivity contribution in [1.29, 1.82) is 0 Å². The summed E-state index contributed by atoms with van der Waals surface area (Å²) in [7, 11) is 0. The van der Waals surface area contributed by atoms with Gasteiger partial charge in [0.25, 0.3) is 0 Å². The first-order valence-electron chi connectivity index (χ1n) is 11.4. The molecule has 0 aromatic heterocycles. The molecule has 168 valence electrons. The van der Waals surface area contributed by atoms with E-state index in [0.717, 1.165) is 32.1 Å². The lowest BCUT2D eigenvalue weighted by atomic mass is 9.95. The molecule has 3 aromatic rings. The molecule has 0 N–H and O–H groups in total. The molecule has 0 aliphatic heterocycles. The first kappa shape index (κ1) is 24.5. The molecule has 4 heteroatoms. The molecule has 0 fully saturated rings. The third kappa shape index (κ3) is 8.76. The summed E-state index contributed by atoms with van der Waals surface area (Å²) in [5.41, 5.74) is 1.33. The van der Waals surface area contributed by atoms with Crippen molar-refractivity contribution in [3.63, 3.8) is 0 Å². The molecule has 3 rings (SSSR count). The number of carbonyl (C=O) groups excluding carboxylic acids is 1. The normalized spacial score (nSPS) is 11.9. The fourth-order valence-corrected chi connectivity index (χ4v) is 6.22. The summed E-state index contributed by atoms with van der Waals surface area (Å²) < 4.78 is 5.76. The van der Waals surface area contributed by atoms with E-state index in [4.69, 9.17) is 4.74 Å². The van der Waals surface area contributed by atoms with Crippen LogP contribution >= 0.6 is 23.5 Å². The Labute approximate surface area is 201 Å². The van der Waals surface area contributed by atoms with Crippen LogP contribution in [0.4, 0.5) is 0 Å². The number of hydrogen-bond donors (Lipinski definition) is 0. The van der Waals surface area contributed by atoms with E-state index in [1.54, 1.807) is 0 Å². The van der Waals surface area contributed by atoms with Crippen LogP contribution in [0.3, 0.4) is 0 Å². The molecule has 0 amide bonds. The molecule has 32 heavy (non-hydrogen) atoms. The second-order valence-corrected chi connectivity index (χ2v) is 10.5. The van der Waals surface area contributed by atoms with Gasteiger partial charge in [-0.25, -0.2) is 0 Å². The van der Waals surface area contributed by atoms with E-state index in [1.165, 1.54) is 15.4 Å². The smallest absolute Gasteiger partial charge is 0.308 e. The summed E-state index contributed by atoms with van der Waals surface area (Å²) in [6, 6.07) is 31.6. The molecular weight excluding hydrogens is 432 g/mol. The molecule has 0 aliphatic rings. The maximum absolute atomic E-state index is 12.7. The number of carbonyl (C=O) groups is 1. The fraction of sp³-hybridized carbons (Fsp3) is 0.321. The lowest BCUT2D eigenvalue weighted by Gasteiger charge is -2.20. The molecule has 1 atom stereocenters. The Morgan fingerprint density at radius 3 is 1.81 bits per heavy atom. The fourth-order valence-electron chi connectivity index (χ4n) is 3.62. The Balaban J connectivity index is 1.62. The van der Waals surface area contributed by atoms with E-state index >= 15 is 0 Å². The minimum atomic E-state index is -0.0475. The maximum atomic E-state index is 12.7. The van der Waals surface area contributed by atoms with Gasteiger partial charge >= 0.3 is 5.97 Å².